The van der Waals surface area contributed by atoms with E-state index in [1.54, 1.807) is 13.8 Å². The molecule has 0 bridgehead atoms. The van der Waals surface area contributed by atoms with Crippen LogP contribution in [0.5, 0.6) is 0 Å². The largest absolute Gasteiger partial charge is 0.368 e. The number of fused-ring (bicyclic) bond motifs is 1. The lowest BCUT2D eigenvalue weighted by molar-refractivity contribution is 0.0918. The summed E-state index contributed by atoms with van der Waals surface area (Å²) in [6.45, 7) is 5.24. The van der Waals surface area contributed by atoms with E-state index in [0.717, 1.165) is 19.5 Å². The summed E-state index contributed by atoms with van der Waals surface area (Å²) in [6.07, 6.45) is 2.46. The van der Waals surface area contributed by atoms with E-state index < -0.39 is 0 Å². The second kappa shape index (κ2) is 3.73. The minimum absolute atomic E-state index is 0.181. The van der Waals surface area contributed by atoms with Crippen LogP contribution in [0.4, 0.5) is 0 Å². The van der Waals surface area contributed by atoms with Crippen LogP contribution in [0.15, 0.2) is 11.8 Å². The molecule has 0 radical (unpaired) electrons. The highest BCUT2D eigenvalue weighted by atomic mass is 16.1. The highest BCUT2D eigenvalue weighted by molar-refractivity contribution is 6.22. The Labute approximate surface area is 105 Å². The molecule has 1 aromatic heterocycles. The number of nitrogens with zero attached hydrogens (tertiary/aromatic N) is 3. The van der Waals surface area contributed by atoms with Crippen molar-refractivity contribution in [3.05, 3.63) is 34.5 Å². The molecular formula is C13H13N3O2. The van der Waals surface area contributed by atoms with Crippen LogP contribution in [0.3, 0.4) is 0 Å². The fourth-order valence-electron chi connectivity index (χ4n) is 2.10. The monoisotopic (exact) mass is 243 g/mol. The topological polar surface area (TPSA) is 63.2 Å². The maximum absolute atomic E-state index is 12.3. The van der Waals surface area contributed by atoms with Crippen LogP contribution in [-0.2, 0) is 0 Å². The van der Waals surface area contributed by atoms with Gasteiger partial charge in [-0.05, 0) is 20.3 Å². The van der Waals surface area contributed by atoms with Gasteiger partial charge in [0.25, 0.3) is 0 Å². The summed E-state index contributed by atoms with van der Waals surface area (Å²) in [6, 6.07) is 0. The molecule has 3 rings (SSSR count). The standard InChI is InChI=1S/C13H13N3O2/c1-7-8(2)15-12-11(14-7)10(17)6-9(13(12)18)16-4-3-5-16/h6H,3-5H2,1-2H3. The highest BCUT2D eigenvalue weighted by Crippen LogP contribution is 2.24. The maximum atomic E-state index is 12.3. The van der Waals surface area contributed by atoms with Crippen molar-refractivity contribution in [1.82, 2.24) is 14.9 Å². The number of aryl methyl sites for hydroxylation is 2. The van der Waals surface area contributed by atoms with Crippen molar-refractivity contribution < 1.29 is 9.59 Å². The number of ketones is 2. The van der Waals surface area contributed by atoms with Crippen molar-refractivity contribution in [2.45, 2.75) is 20.3 Å². The number of hydrogen-bond acceptors (Lipinski definition) is 5. The van der Waals surface area contributed by atoms with Crippen molar-refractivity contribution in [1.29, 1.82) is 0 Å². The SMILES string of the molecule is Cc1nc2c(nc1C)C(=O)C(N1CCC1)=CC2=O. The summed E-state index contributed by atoms with van der Waals surface area (Å²) < 4.78 is 0. The first-order valence-electron chi connectivity index (χ1n) is 5.99. The molecule has 18 heavy (non-hydrogen) atoms. The minimum Gasteiger partial charge on any atom is -0.368 e. The van der Waals surface area contributed by atoms with Crippen molar-refractivity contribution in [3.63, 3.8) is 0 Å². The molecule has 0 aromatic carbocycles. The van der Waals surface area contributed by atoms with Crippen LogP contribution in [-0.4, -0.2) is 39.5 Å². The van der Waals surface area contributed by atoms with Gasteiger partial charge in [0.15, 0.2) is 0 Å². The van der Waals surface area contributed by atoms with E-state index in [9.17, 15) is 9.59 Å². The van der Waals surface area contributed by atoms with Crippen LogP contribution in [0.25, 0.3) is 0 Å². The average Bonchev–Trinajstić information content (AvgIpc) is 2.26. The van der Waals surface area contributed by atoms with Gasteiger partial charge in [0, 0.05) is 19.2 Å². The number of allylic oxidation sites excluding steroid dienone is 2. The van der Waals surface area contributed by atoms with Crippen molar-refractivity contribution in [3.8, 4) is 0 Å². The Hall–Kier alpha value is -2.04. The molecule has 1 aliphatic heterocycles. The first-order chi connectivity index (χ1) is 8.58. The molecule has 2 aliphatic rings. The van der Waals surface area contributed by atoms with E-state index in [2.05, 4.69) is 9.97 Å². The third kappa shape index (κ3) is 1.47. The number of aromatic nitrogens is 2. The van der Waals surface area contributed by atoms with E-state index in [4.69, 9.17) is 0 Å². The first kappa shape index (κ1) is 11.1. The van der Waals surface area contributed by atoms with Gasteiger partial charge < -0.3 is 4.90 Å². The van der Waals surface area contributed by atoms with Gasteiger partial charge in [-0.1, -0.05) is 0 Å². The molecule has 1 aromatic rings. The second-order valence-electron chi connectivity index (χ2n) is 4.66. The molecule has 0 N–H and O–H groups in total. The predicted octanol–water partition coefficient (Wildman–Crippen LogP) is 1.06. The van der Waals surface area contributed by atoms with Crippen molar-refractivity contribution in [2.75, 3.05) is 13.1 Å². The number of hydrogen-bond donors (Lipinski definition) is 0. The van der Waals surface area contributed by atoms with Gasteiger partial charge in [-0.3, -0.25) is 9.59 Å². The van der Waals surface area contributed by atoms with Gasteiger partial charge in [0.05, 0.1) is 17.1 Å². The molecule has 1 aliphatic carbocycles. The summed E-state index contributed by atoms with van der Waals surface area (Å²) in [5, 5.41) is 0. The van der Waals surface area contributed by atoms with E-state index in [0.29, 0.717) is 17.1 Å². The third-order valence-corrected chi connectivity index (χ3v) is 3.45. The molecule has 0 amide bonds. The van der Waals surface area contributed by atoms with Gasteiger partial charge in [-0.15, -0.1) is 0 Å². The molecule has 92 valence electrons. The number of carbonyl (C=O) groups is 2. The number of carbonyl (C=O) groups excluding carboxylic acids is 2. The lowest BCUT2D eigenvalue weighted by atomic mass is 9.98. The molecule has 5 nitrogen and oxygen atoms in total. The van der Waals surface area contributed by atoms with Crippen LogP contribution in [0.1, 0.15) is 38.8 Å². The third-order valence-electron chi connectivity index (χ3n) is 3.45. The molecule has 0 saturated carbocycles. The zero-order valence-electron chi connectivity index (χ0n) is 10.4. The van der Waals surface area contributed by atoms with Gasteiger partial charge in [-0.25, -0.2) is 9.97 Å². The van der Waals surface area contributed by atoms with Crippen LogP contribution >= 0.6 is 0 Å². The summed E-state index contributed by atoms with van der Waals surface area (Å²) in [7, 11) is 0. The fraction of sp³-hybridized carbons (Fsp3) is 0.385. The molecule has 0 unspecified atom stereocenters. The molecule has 1 saturated heterocycles. The van der Waals surface area contributed by atoms with Crippen molar-refractivity contribution >= 4 is 11.6 Å². The molecular weight excluding hydrogens is 230 g/mol. The maximum Gasteiger partial charge on any atom is 0.229 e. The Morgan fingerprint density at radius 3 is 2.22 bits per heavy atom. The lowest BCUT2D eigenvalue weighted by Crippen LogP contribution is -2.41. The smallest absolute Gasteiger partial charge is 0.229 e. The van der Waals surface area contributed by atoms with Crippen LogP contribution in [0.2, 0.25) is 0 Å². The summed E-state index contributed by atoms with van der Waals surface area (Å²) in [5.74, 6) is -0.401. The summed E-state index contributed by atoms with van der Waals surface area (Å²) in [4.78, 5) is 34.6. The fourth-order valence-corrected chi connectivity index (χ4v) is 2.10. The normalized spacial score (nSPS) is 18.3. The van der Waals surface area contributed by atoms with E-state index in [1.165, 1.54) is 6.08 Å². The quantitative estimate of drug-likeness (QED) is 0.738. The second-order valence-corrected chi connectivity index (χ2v) is 4.66. The molecule has 1 fully saturated rings. The zero-order chi connectivity index (χ0) is 12.9. The van der Waals surface area contributed by atoms with Gasteiger partial charge >= 0.3 is 0 Å². The van der Waals surface area contributed by atoms with Crippen LogP contribution in [0, 0.1) is 13.8 Å². The number of Topliss-reactive ketones (excluding diaryl/α,β-unsaturated/α-hetero) is 1. The Morgan fingerprint density at radius 1 is 1.06 bits per heavy atom. The first-order valence-corrected chi connectivity index (χ1v) is 5.99. The predicted molar refractivity (Wildman–Crippen MR) is 64.4 cm³/mol. The Morgan fingerprint density at radius 2 is 1.67 bits per heavy atom. The highest BCUT2D eigenvalue weighted by Gasteiger charge is 2.33. The van der Waals surface area contributed by atoms with Crippen LogP contribution < -0.4 is 0 Å². The molecule has 0 spiro atoms. The Kier molecular flexibility index (Phi) is 2.29. The summed E-state index contributed by atoms with van der Waals surface area (Å²) in [5.41, 5.74) is 2.24. The van der Waals surface area contributed by atoms with Gasteiger partial charge in [0.1, 0.15) is 11.4 Å². The van der Waals surface area contributed by atoms with Gasteiger partial charge in [0.2, 0.25) is 11.6 Å². The minimum atomic E-state index is -0.220. The molecule has 2 heterocycles. The van der Waals surface area contributed by atoms with E-state index in [-0.39, 0.29) is 23.0 Å². The van der Waals surface area contributed by atoms with E-state index >= 15 is 0 Å². The number of rotatable bonds is 1. The lowest BCUT2D eigenvalue weighted by Gasteiger charge is -2.35. The Bertz CT molecular complexity index is 600. The molecule has 5 heteroatoms. The number of likely N-dealkylation sites (tertiary alicyclic amines) is 1. The van der Waals surface area contributed by atoms with E-state index in [1.807, 2.05) is 4.90 Å². The summed E-state index contributed by atoms with van der Waals surface area (Å²) >= 11 is 0. The van der Waals surface area contributed by atoms with Gasteiger partial charge in [-0.2, -0.15) is 0 Å². The van der Waals surface area contributed by atoms with Crippen molar-refractivity contribution in [2.24, 2.45) is 0 Å². The zero-order valence-corrected chi connectivity index (χ0v) is 10.4. The Balaban J connectivity index is 2.11. The average molecular weight is 243 g/mol. The molecule has 0 atom stereocenters.